The summed E-state index contributed by atoms with van der Waals surface area (Å²) in [5.74, 6) is 0. The molecule has 2 aromatic rings. The summed E-state index contributed by atoms with van der Waals surface area (Å²) >= 11 is 0. The third-order valence-corrected chi connectivity index (χ3v) is 3.06. The van der Waals surface area contributed by atoms with Crippen molar-refractivity contribution < 1.29 is 9.63 Å². The molecule has 0 aromatic heterocycles. The average Bonchev–Trinajstić information content (AvgIpc) is 2.55. The predicted molar refractivity (Wildman–Crippen MR) is 80.7 cm³/mol. The van der Waals surface area contributed by atoms with Gasteiger partial charge in [0, 0.05) is 11.8 Å². The number of benzene rings is 2. The number of hydrazine groups is 1. The quantitative estimate of drug-likeness (QED) is 0.850. The first-order valence-electron chi connectivity index (χ1n) is 6.62. The van der Waals surface area contributed by atoms with Crippen LogP contribution in [0.5, 0.6) is 0 Å². The second-order valence-electron chi connectivity index (χ2n) is 4.57. The molecule has 2 aromatic carbocycles. The molecule has 2 amide bonds. The molecule has 0 saturated heterocycles. The normalized spacial score (nSPS) is 12.5. The monoisotopic (exact) mass is 281 g/mol. The van der Waals surface area contributed by atoms with Gasteiger partial charge in [-0.1, -0.05) is 48.5 Å². The third-order valence-electron chi connectivity index (χ3n) is 3.06. The maximum atomic E-state index is 12.0. The van der Waals surface area contributed by atoms with Gasteiger partial charge in [0.15, 0.2) is 0 Å². The van der Waals surface area contributed by atoms with Gasteiger partial charge >= 0.3 is 6.03 Å². The number of fused-ring (bicyclic) bond motifs is 1. The van der Waals surface area contributed by atoms with E-state index in [0.717, 1.165) is 16.8 Å². The van der Waals surface area contributed by atoms with Crippen molar-refractivity contribution in [2.24, 2.45) is 0 Å². The van der Waals surface area contributed by atoms with Gasteiger partial charge in [-0.15, -0.1) is 0 Å². The highest BCUT2D eigenvalue weighted by Crippen LogP contribution is 2.21. The summed E-state index contributed by atoms with van der Waals surface area (Å²) in [6.45, 7) is 0.320. The summed E-state index contributed by atoms with van der Waals surface area (Å²) in [6, 6.07) is 17.0. The van der Waals surface area contributed by atoms with Crippen molar-refractivity contribution in [2.75, 3.05) is 5.43 Å². The largest absolute Gasteiger partial charge is 0.364 e. The third kappa shape index (κ3) is 3.21. The van der Waals surface area contributed by atoms with E-state index in [2.05, 4.69) is 10.9 Å². The van der Waals surface area contributed by atoms with Crippen LogP contribution < -0.4 is 10.9 Å². The molecule has 0 saturated carbocycles. The molecule has 0 bridgehead atoms. The lowest BCUT2D eigenvalue weighted by atomic mass is 10.1. The van der Waals surface area contributed by atoms with Gasteiger partial charge in [-0.05, 0) is 17.7 Å². The van der Waals surface area contributed by atoms with Crippen LogP contribution in [0.4, 0.5) is 10.5 Å². The SMILES string of the molecule is O=C(NOCc1ccccc1)N1C=Cc2ccccc2N1. The van der Waals surface area contributed by atoms with Gasteiger partial charge in [-0.25, -0.2) is 15.3 Å². The van der Waals surface area contributed by atoms with E-state index < -0.39 is 0 Å². The number of hydrogen-bond donors (Lipinski definition) is 2. The van der Waals surface area contributed by atoms with E-state index in [4.69, 9.17) is 4.84 Å². The highest BCUT2D eigenvalue weighted by Gasteiger charge is 2.15. The minimum Gasteiger partial charge on any atom is -0.290 e. The van der Waals surface area contributed by atoms with Gasteiger partial charge in [-0.3, -0.25) is 10.3 Å². The zero-order valence-corrected chi connectivity index (χ0v) is 11.3. The number of amides is 2. The molecule has 1 aliphatic rings. The van der Waals surface area contributed by atoms with Crippen LogP contribution in [0.15, 0.2) is 60.8 Å². The molecule has 21 heavy (non-hydrogen) atoms. The first-order valence-corrected chi connectivity index (χ1v) is 6.62. The van der Waals surface area contributed by atoms with Gasteiger partial charge in [0.1, 0.15) is 0 Å². The van der Waals surface area contributed by atoms with E-state index in [-0.39, 0.29) is 6.03 Å². The summed E-state index contributed by atoms with van der Waals surface area (Å²) in [5, 5.41) is 1.34. The molecule has 1 heterocycles. The van der Waals surface area contributed by atoms with Crippen LogP contribution >= 0.6 is 0 Å². The molecule has 2 N–H and O–H groups in total. The number of anilines is 1. The second-order valence-corrected chi connectivity index (χ2v) is 4.57. The second kappa shape index (κ2) is 6.11. The Kier molecular flexibility index (Phi) is 3.84. The zero-order chi connectivity index (χ0) is 14.5. The summed E-state index contributed by atoms with van der Waals surface area (Å²) < 4.78 is 0. The van der Waals surface area contributed by atoms with Gasteiger partial charge < -0.3 is 0 Å². The number of urea groups is 1. The van der Waals surface area contributed by atoms with Gasteiger partial charge in [0.2, 0.25) is 0 Å². The average molecular weight is 281 g/mol. The smallest absolute Gasteiger partial charge is 0.290 e. The van der Waals surface area contributed by atoms with E-state index in [1.165, 1.54) is 5.01 Å². The Morgan fingerprint density at radius 2 is 1.86 bits per heavy atom. The van der Waals surface area contributed by atoms with Crippen molar-refractivity contribution >= 4 is 17.8 Å². The van der Waals surface area contributed by atoms with E-state index in [0.29, 0.717) is 6.61 Å². The van der Waals surface area contributed by atoms with Gasteiger partial charge in [0.25, 0.3) is 0 Å². The lowest BCUT2D eigenvalue weighted by molar-refractivity contribution is 0.0423. The fraction of sp³-hybridized carbons (Fsp3) is 0.0625. The first-order chi connectivity index (χ1) is 10.3. The lowest BCUT2D eigenvalue weighted by Gasteiger charge is -2.25. The minimum absolute atomic E-state index is 0.320. The lowest BCUT2D eigenvalue weighted by Crippen LogP contribution is -2.40. The summed E-state index contributed by atoms with van der Waals surface area (Å²) in [7, 11) is 0. The Morgan fingerprint density at radius 3 is 2.71 bits per heavy atom. The fourth-order valence-corrected chi connectivity index (χ4v) is 1.99. The van der Waals surface area contributed by atoms with E-state index in [1.54, 1.807) is 6.20 Å². The molecule has 0 radical (unpaired) electrons. The Morgan fingerprint density at radius 1 is 1.10 bits per heavy atom. The zero-order valence-electron chi connectivity index (χ0n) is 11.3. The molecular formula is C16H15N3O2. The molecule has 5 heteroatoms. The molecule has 0 spiro atoms. The maximum absolute atomic E-state index is 12.0. The number of carbonyl (C=O) groups excluding carboxylic acids is 1. The number of hydroxylamine groups is 1. The predicted octanol–water partition coefficient (Wildman–Crippen LogP) is 3.14. The molecule has 0 atom stereocenters. The fourth-order valence-electron chi connectivity index (χ4n) is 1.99. The van der Waals surface area contributed by atoms with Crippen LogP contribution in [-0.2, 0) is 11.4 Å². The molecule has 106 valence electrons. The molecule has 0 fully saturated rings. The Hall–Kier alpha value is -2.79. The standard InChI is InChI=1S/C16H15N3O2/c20-16(18-21-12-13-6-2-1-3-7-13)19-11-10-14-8-4-5-9-15(14)17-19/h1-11,17H,12H2,(H,18,20). The number of nitrogens with one attached hydrogen (secondary N) is 2. The van der Waals surface area contributed by atoms with Crippen molar-refractivity contribution in [1.29, 1.82) is 0 Å². The first kappa shape index (κ1) is 13.2. The minimum atomic E-state index is -0.378. The van der Waals surface area contributed by atoms with Crippen LogP contribution in [0.3, 0.4) is 0 Å². The van der Waals surface area contributed by atoms with E-state index in [9.17, 15) is 4.79 Å². The van der Waals surface area contributed by atoms with Gasteiger partial charge in [0.05, 0.1) is 12.3 Å². The highest BCUT2D eigenvalue weighted by atomic mass is 16.7. The van der Waals surface area contributed by atoms with Crippen LogP contribution in [0.1, 0.15) is 11.1 Å². The number of nitrogens with zero attached hydrogens (tertiary/aromatic N) is 1. The number of para-hydroxylation sites is 1. The molecule has 0 aliphatic carbocycles. The molecule has 0 unspecified atom stereocenters. The Labute approximate surface area is 122 Å². The van der Waals surface area contributed by atoms with Crippen LogP contribution in [0.2, 0.25) is 0 Å². The van der Waals surface area contributed by atoms with Crippen LogP contribution in [0, 0.1) is 0 Å². The van der Waals surface area contributed by atoms with Crippen molar-refractivity contribution in [3.05, 3.63) is 71.9 Å². The molecule has 1 aliphatic heterocycles. The van der Waals surface area contributed by atoms with Crippen molar-refractivity contribution in [1.82, 2.24) is 10.5 Å². The Balaban J connectivity index is 1.53. The Bertz CT molecular complexity index is 656. The van der Waals surface area contributed by atoms with Crippen LogP contribution in [-0.4, -0.2) is 11.0 Å². The van der Waals surface area contributed by atoms with Crippen molar-refractivity contribution in [3.63, 3.8) is 0 Å². The summed E-state index contributed by atoms with van der Waals surface area (Å²) in [5.41, 5.74) is 8.30. The van der Waals surface area contributed by atoms with Crippen molar-refractivity contribution in [3.8, 4) is 0 Å². The highest BCUT2D eigenvalue weighted by molar-refractivity contribution is 5.81. The van der Waals surface area contributed by atoms with Crippen molar-refractivity contribution in [2.45, 2.75) is 6.61 Å². The molecule has 5 nitrogen and oxygen atoms in total. The topological polar surface area (TPSA) is 53.6 Å². The number of rotatable bonds is 3. The number of carbonyl (C=O) groups is 1. The van der Waals surface area contributed by atoms with E-state index in [1.807, 2.05) is 60.7 Å². The maximum Gasteiger partial charge on any atom is 0.364 e. The summed E-state index contributed by atoms with van der Waals surface area (Å²) in [6.07, 6.45) is 3.52. The van der Waals surface area contributed by atoms with Gasteiger partial charge in [-0.2, -0.15) is 0 Å². The van der Waals surface area contributed by atoms with E-state index >= 15 is 0 Å². The summed E-state index contributed by atoms with van der Waals surface area (Å²) in [4.78, 5) is 17.2. The molecule has 3 rings (SSSR count). The number of hydrogen-bond acceptors (Lipinski definition) is 3. The van der Waals surface area contributed by atoms with Crippen LogP contribution in [0.25, 0.3) is 6.08 Å². The molecular weight excluding hydrogens is 266 g/mol.